The predicted octanol–water partition coefficient (Wildman–Crippen LogP) is 9.75. The van der Waals surface area contributed by atoms with E-state index >= 15 is 0 Å². The maximum Gasteiger partial charge on any atom is 0.305 e. The Hall–Kier alpha value is -1.46. The second kappa shape index (κ2) is 38.8. The maximum atomic E-state index is 11.5. The summed E-state index contributed by atoms with van der Waals surface area (Å²) in [5, 5.41) is 0. The molecule has 0 amide bonds. The van der Waals surface area contributed by atoms with Crippen LogP contribution in [0.3, 0.4) is 0 Å². The molecule has 0 N–H and O–H groups in total. The Kier molecular flexibility index (Phi) is 35.4. The molecule has 2 rings (SSSR count). The third-order valence-electron chi connectivity index (χ3n) is 12.4. The normalized spacial score (nSPS) is 20.9. The lowest BCUT2D eigenvalue weighted by Crippen LogP contribution is -2.35. The van der Waals surface area contributed by atoms with Gasteiger partial charge in [-0.25, -0.2) is 0 Å². The van der Waals surface area contributed by atoms with Crippen LogP contribution < -0.4 is 0 Å². The van der Waals surface area contributed by atoms with Crippen LogP contribution in [0.4, 0.5) is 0 Å². The Morgan fingerprint density at radius 2 is 0.710 bits per heavy atom. The van der Waals surface area contributed by atoms with Gasteiger partial charge in [0.05, 0.1) is 63.1 Å². The molecule has 366 valence electrons. The molecule has 0 unspecified atom stereocenters. The van der Waals surface area contributed by atoms with Gasteiger partial charge in [0.1, 0.15) is 27.2 Å². The lowest BCUT2D eigenvalue weighted by molar-refractivity contribution is -0.158. The molecule has 2 saturated heterocycles. The summed E-state index contributed by atoms with van der Waals surface area (Å²) < 4.78 is 67.6. The minimum atomic E-state index is -0.195. The number of hydrogen-bond donors (Lipinski definition) is 0. The molecule has 2 aliphatic rings. The monoisotopic (exact) mass is 891 g/mol. The summed E-state index contributed by atoms with van der Waals surface area (Å²) in [6.45, 7) is 1.06. The zero-order valence-electron chi connectivity index (χ0n) is 40.0. The van der Waals surface area contributed by atoms with Gasteiger partial charge in [0.15, 0.2) is 0 Å². The quantitative estimate of drug-likeness (QED) is 0.0325. The molecule has 8 atom stereocenters. The second-order valence-electron chi connectivity index (χ2n) is 17.2. The molecule has 2 fully saturated rings. The molecule has 0 spiro atoms. The first-order chi connectivity index (χ1) is 30.4. The smallest absolute Gasteiger partial charge is 0.305 e. The molecule has 14 nitrogen and oxygen atoms in total. The van der Waals surface area contributed by atoms with Crippen molar-refractivity contribution in [1.82, 2.24) is 0 Å². The van der Waals surface area contributed by atoms with Crippen molar-refractivity contribution in [2.75, 3.05) is 69.8 Å². The molecule has 2 heterocycles. The van der Waals surface area contributed by atoms with Gasteiger partial charge in [-0.3, -0.25) is 9.59 Å². The van der Waals surface area contributed by atoms with Gasteiger partial charge in [0.25, 0.3) is 0 Å². The molecule has 0 saturated carbocycles. The summed E-state index contributed by atoms with van der Waals surface area (Å²) in [6.07, 6.45) is 29.2. The number of carbonyl (C=O) groups is 2. The van der Waals surface area contributed by atoms with E-state index < -0.39 is 0 Å². The van der Waals surface area contributed by atoms with Crippen LogP contribution in [0.1, 0.15) is 180 Å². The standard InChI is InChI=1S/C48H90O14/c1-51-35-57-39(27-33-47(49)55-5)23-19-15-11-7-9-13-17-21-25-41(59-37-53-3)43-29-31-45(61-43)46-32-30-44(62-46)42(60-38-54-4)26-22-18-14-10-8-12-16-20-24-40(58-36-52-2)28-34-48(50)56-6/h39-46H,7-38H2,1-6H3/t39-,40-,41-,42-,43-,44-,45-,46-/m1/s1. The Balaban J connectivity index is 1.62. The average molecular weight is 891 g/mol. The Labute approximate surface area is 376 Å². The van der Waals surface area contributed by atoms with Gasteiger partial charge in [-0.15, -0.1) is 0 Å². The lowest BCUT2D eigenvalue weighted by atomic mass is 10.00. The van der Waals surface area contributed by atoms with Crippen LogP contribution in [-0.2, 0) is 66.4 Å². The van der Waals surface area contributed by atoms with Crippen molar-refractivity contribution in [3.05, 3.63) is 0 Å². The van der Waals surface area contributed by atoms with Crippen molar-refractivity contribution in [2.24, 2.45) is 0 Å². The minimum absolute atomic E-state index is 0.0275. The molecule has 0 radical (unpaired) electrons. The first kappa shape index (κ1) is 56.7. The van der Waals surface area contributed by atoms with Crippen molar-refractivity contribution >= 4 is 11.9 Å². The number of rotatable bonds is 43. The number of methoxy groups -OCH3 is 6. The van der Waals surface area contributed by atoms with Gasteiger partial charge in [-0.05, 0) is 64.2 Å². The minimum Gasteiger partial charge on any atom is -0.469 e. The summed E-state index contributed by atoms with van der Waals surface area (Å²) in [6, 6.07) is 0. The van der Waals surface area contributed by atoms with Crippen molar-refractivity contribution < 1.29 is 66.4 Å². The molecule has 0 aromatic heterocycles. The van der Waals surface area contributed by atoms with Gasteiger partial charge in [0, 0.05) is 41.3 Å². The maximum absolute atomic E-state index is 11.5. The molecule has 0 bridgehead atoms. The highest BCUT2D eigenvalue weighted by Crippen LogP contribution is 2.36. The van der Waals surface area contributed by atoms with Crippen LogP contribution in [0.2, 0.25) is 0 Å². The summed E-state index contributed by atoms with van der Waals surface area (Å²) in [5.41, 5.74) is 0. The zero-order valence-corrected chi connectivity index (χ0v) is 40.0. The summed E-state index contributed by atoms with van der Waals surface area (Å²) in [5.74, 6) is -0.391. The molecule has 62 heavy (non-hydrogen) atoms. The van der Waals surface area contributed by atoms with E-state index in [2.05, 4.69) is 0 Å². The van der Waals surface area contributed by atoms with Crippen LogP contribution in [0.25, 0.3) is 0 Å². The fourth-order valence-electron chi connectivity index (χ4n) is 8.81. The third-order valence-corrected chi connectivity index (χ3v) is 12.4. The highest BCUT2D eigenvalue weighted by atomic mass is 16.7. The molecule has 0 aliphatic carbocycles. The lowest BCUT2D eigenvalue weighted by Gasteiger charge is -2.27. The number of carbonyl (C=O) groups excluding carboxylic acids is 2. The van der Waals surface area contributed by atoms with E-state index in [0.29, 0.717) is 25.7 Å². The number of unbranched alkanes of at least 4 members (excludes halogenated alkanes) is 14. The van der Waals surface area contributed by atoms with Crippen LogP contribution in [-0.4, -0.2) is 131 Å². The summed E-state index contributed by atoms with van der Waals surface area (Å²) >= 11 is 0. The fourth-order valence-corrected chi connectivity index (χ4v) is 8.81. The van der Waals surface area contributed by atoms with E-state index in [1.165, 1.54) is 91.3 Å². The SMILES string of the molecule is COCO[C@H](CCCCCCCCCC[C@@H](OCOC)[C@H]1CC[C@H]([C@H]2CC[C@H]([C@@H](CCCCCCCCCC[C@H](CCC(=O)OC)OCOC)OCOC)O2)O1)CCC(=O)OC. The highest BCUT2D eigenvalue weighted by molar-refractivity contribution is 5.69. The van der Waals surface area contributed by atoms with Crippen LogP contribution in [0.15, 0.2) is 0 Å². The van der Waals surface area contributed by atoms with E-state index in [4.69, 9.17) is 56.8 Å². The Morgan fingerprint density at radius 1 is 0.403 bits per heavy atom. The molecule has 0 aromatic rings. The second-order valence-corrected chi connectivity index (χ2v) is 17.2. The highest BCUT2D eigenvalue weighted by Gasteiger charge is 2.42. The zero-order chi connectivity index (χ0) is 44.9. The van der Waals surface area contributed by atoms with Gasteiger partial charge >= 0.3 is 11.9 Å². The van der Waals surface area contributed by atoms with Crippen molar-refractivity contribution in [3.63, 3.8) is 0 Å². The Morgan fingerprint density at radius 3 is 1.03 bits per heavy atom. The summed E-state index contributed by atoms with van der Waals surface area (Å²) in [7, 11) is 9.44. The van der Waals surface area contributed by atoms with E-state index in [1.54, 1.807) is 28.4 Å². The molecule has 2 aliphatic heterocycles. The van der Waals surface area contributed by atoms with E-state index in [9.17, 15) is 9.59 Å². The van der Waals surface area contributed by atoms with Gasteiger partial charge < -0.3 is 56.8 Å². The van der Waals surface area contributed by atoms with E-state index in [1.807, 2.05) is 0 Å². The third kappa shape index (κ3) is 27.1. The van der Waals surface area contributed by atoms with Crippen molar-refractivity contribution in [2.45, 2.75) is 229 Å². The number of hydrogen-bond acceptors (Lipinski definition) is 14. The largest absolute Gasteiger partial charge is 0.469 e. The van der Waals surface area contributed by atoms with Gasteiger partial charge in [-0.1, -0.05) is 103 Å². The van der Waals surface area contributed by atoms with Crippen molar-refractivity contribution in [3.8, 4) is 0 Å². The molecule has 0 aromatic carbocycles. The molecular weight excluding hydrogens is 801 g/mol. The van der Waals surface area contributed by atoms with Crippen molar-refractivity contribution in [1.29, 1.82) is 0 Å². The first-order valence-corrected chi connectivity index (χ1v) is 24.3. The van der Waals surface area contributed by atoms with Gasteiger partial charge in [0.2, 0.25) is 0 Å². The fraction of sp³-hybridized carbons (Fsp3) is 0.958. The average Bonchev–Trinajstić information content (AvgIpc) is 3.99. The first-order valence-electron chi connectivity index (χ1n) is 24.3. The summed E-state index contributed by atoms with van der Waals surface area (Å²) in [4.78, 5) is 23.1. The predicted molar refractivity (Wildman–Crippen MR) is 238 cm³/mol. The molecule has 14 heteroatoms. The van der Waals surface area contributed by atoms with Crippen LogP contribution >= 0.6 is 0 Å². The van der Waals surface area contributed by atoms with E-state index in [0.717, 1.165) is 77.0 Å². The van der Waals surface area contributed by atoms with Gasteiger partial charge in [-0.2, -0.15) is 0 Å². The topological polar surface area (TPSA) is 145 Å². The number of ether oxygens (including phenoxy) is 12. The van der Waals surface area contributed by atoms with E-state index in [-0.39, 0.29) is 87.9 Å². The Bertz CT molecular complexity index is 971. The number of esters is 2. The van der Waals surface area contributed by atoms with Crippen LogP contribution in [0, 0.1) is 0 Å². The van der Waals surface area contributed by atoms with Crippen LogP contribution in [0.5, 0.6) is 0 Å². The molecular formula is C48H90O14.